The van der Waals surface area contributed by atoms with Gasteiger partial charge in [0.15, 0.2) is 0 Å². The third-order valence-corrected chi connectivity index (χ3v) is 13.9. The Hall–Kier alpha value is -0.610. The molecule has 0 heterocycles. The molecule has 61 heavy (non-hydrogen) atoms. The molecule has 2 atom stereocenters. The lowest BCUT2D eigenvalue weighted by Gasteiger charge is -2.22. The topological polar surface area (TPSA) is 69.6 Å². The number of unbranched alkanes of at least 4 members (excludes halogenated alkanes) is 47. The van der Waals surface area contributed by atoms with Gasteiger partial charge < -0.3 is 15.5 Å². The summed E-state index contributed by atoms with van der Waals surface area (Å²) in [5.41, 5.74) is 0. The Morgan fingerprint density at radius 1 is 0.328 bits per heavy atom. The first-order chi connectivity index (χ1) is 30.2. The fourth-order valence-corrected chi connectivity index (χ4v) is 9.48. The van der Waals surface area contributed by atoms with Crippen molar-refractivity contribution in [2.75, 3.05) is 6.61 Å². The van der Waals surface area contributed by atoms with Gasteiger partial charge in [0.05, 0.1) is 18.8 Å². The molecule has 0 aliphatic heterocycles. The van der Waals surface area contributed by atoms with Gasteiger partial charge in [0, 0.05) is 6.42 Å². The summed E-state index contributed by atoms with van der Waals surface area (Å²) in [6.07, 6.45) is 68.2. The van der Waals surface area contributed by atoms with E-state index in [1.54, 1.807) is 0 Å². The molecule has 0 saturated heterocycles. The van der Waals surface area contributed by atoms with Crippen LogP contribution in [0.1, 0.15) is 341 Å². The van der Waals surface area contributed by atoms with Gasteiger partial charge in [-0.05, 0) is 12.8 Å². The average Bonchev–Trinajstić information content (AvgIpc) is 3.26. The smallest absolute Gasteiger partial charge is 0.220 e. The summed E-state index contributed by atoms with van der Waals surface area (Å²) in [5, 5.41) is 23.3. The molecule has 366 valence electrons. The predicted octanol–water partition coefficient (Wildman–Crippen LogP) is 18.8. The lowest BCUT2D eigenvalue weighted by atomic mass is 10.0. The van der Waals surface area contributed by atoms with Crippen LogP contribution in [-0.2, 0) is 4.79 Å². The molecule has 0 aromatic heterocycles. The van der Waals surface area contributed by atoms with Gasteiger partial charge in [0.1, 0.15) is 0 Å². The summed E-state index contributed by atoms with van der Waals surface area (Å²) in [6, 6.07) is -0.530. The predicted molar refractivity (Wildman–Crippen MR) is 272 cm³/mol. The van der Waals surface area contributed by atoms with E-state index < -0.39 is 12.1 Å². The highest BCUT2D eigenvalue weighted by Crippen LogP contribution is 2.19. The van der Waals surface area contributed by atoms with Gasteiger partial charge in [-0.15, -0.1) is 0 Å². The van der Waals surface area contributed by atoms with Gasteiger partial charge in [0.2, 0.25) is 5.91 Å². The van der Waals surface area contributed by atoms with Crippen molar-refractivity contribution in [1.82, 2.24) is 5.32 Å². The number of aliphatic hydroxyl groups excluding tert-OH is 2. The molecule has 0 aliphatic rings. The molecule has 4 nitrogen and oxygen atoms in total. The van der Waals surface area contributed by atoms with Crippen molar-refractivity contribution >= 4 is 5.91 Å². The molecule has 0 aliphatic carbocycles. The highest BCUT2D eigenvalue weighted by molar-refractivity contribution is 5.76. The molecule has 3 N–H and O–H groups in total. The standard InChI is InChI=1S/C57H115NO3/c1-3-5-7-9-11-13-15-17-19-20-21-22-23-24-25-26-27-28-29-30-31-32-33-34-35-36-37-39-41-43-45-47-49-51-53-57(61)58-55(54-59)56(60)52-50-48-46-44-42-40-38-18-16-14-12-10-8-6-4-2/h55-56,59-60H,3-54H2,1-2H3,(H,58,61)/t55-,56+/m0/s1. The van der Waals surface area contributed by atoms with Crippen molar-refractivity contribution in [3.05, 3.63) is 0 Å². The van der Waals surface area contributed by atoms with Gasteiger partial charge >= 0.3 is 0 Å². The summed E-state index contributed by atoms with van der Waals surface area (Å²) in [7, 11) is 0. The highest BCUT2D eigenvalue weighted by atomic mass is 16.3. The van der Waals surface area contributed by atoms with Crippen LogP contribution in [0.5, 0.6) is 0 Å². The van der Waals surface area contributed by atoms with Crippen LogP contribution in [0.4, 0.5) is 0 Å². The van der Waals surface area contributed by atoms with E-state index in [0.29, 0.717) is 12.8 Å². The van der Waals surface area contributed by atoms with E-state index in [4.69, 9.17) is 0 Å². The Balaban J connectivity index is 3.34. The fraction of sp³-hybridized carbons (Fsp3) is 0.982. The Kier molecular flexibility index (Phi) is 53.2. The SMILES string of the molecule is CCCCCCCCCCCCCCCCCCCCCCCCCCCCCCCCCCCCC(=O)N[C@@H](CO)[C@H](O)CCCCCCCCCCCCCCCCC. The Labute approximate surface area is 384 Å². The number of rotatable bonds is 54. The number of hydrogen-bond donors (Lipinski definition) is 3. The monoisotopic (exact) mass is 862 g/mol. The molecule has 0 bridgehead atoms. The summed E-state index contributed by atoms with van der Waals surface area (Å²) in [4.78, 5) is 12.5. The Morgan fingerprint density at radius 2 is 0.525 bits per heavy atom. The van der Waals surface area contributed by atoms with Crippen LogP contribution < -0.4 is 5.32 Å². The van der Waals surface area contributed by atoms with Crippen LogP contribution in [0.25, 0.3) is 0 Å². The van der Waals surface area contributed by atoms with E-state index >= 15 is 0 Å². The van der Waals surface area contributed by atoms with E-state index in [2.05, 4.69) is 19.2 Å². The van der Waals surface area contributed by atoms with Crippen molar-refractivity contribution in [2.24, 2.45) is 0 Å². The maximum atomic E-state index is 12.5. The summed E-state index contributed by atoms with van der Waals surface area (Å²) < 4.78 is 0. The minimum atomic E-state index is -0.654. The maximum Gasteiger partial charge on any atom is 0.220 e. The molecule has 0 aromatic rings. The van der Waals surface area contributed by atoms with Crippen molar-refractivity contribution in [3.8, 4) is 0 Å². The summed E-state index contributed by atoms with van der Waals surface area (Å²) >= 11 is 0. The van der Waals surface area contributed by atoms with Gasteiger partial charge in [0.25, 0.3) is 0 Å². The van der Waals surface area contributed by atoms with E-state index in [0.717, 1.165) is 25.7 Å². The normalized spacial score (nSPS) is 12.7. The third-order valence-electron chi connectivity index (χ3n) is 13.9. The number of nitrogens with one attached hydrogen (secondary N) is 1. The lowest BCUT2D eigenvalue weighted by molar-refractivity contribution is -0.123. The first-order valence-corrected chi connectivity index (χ1v) is 28.7. The first-order valence-electron chi connectivity index (χ1n) is 28.7. The molecule has 0 saturated carbocycles. The van der Waals surface area contributed by atoms with E-state index in [1.807, 2.05) is 0 Å². The zero-order valence-corrected chi connectivity index (χ0v) is 42.2. The molecule has 0 aromatic carbocycles. The second-order valence-corrected chi connectivity index (χ2v) is 20.1. The number of amides is 1. The van der Waals surface area contributed by atoms with Crippen molar-refractivity contribution in [2.45, 2.75) is 353 Å². The molecular weight excluding hydrogens is 747 g/mol. The van der Waals surface area contributed by atoms with E-state index in [-0.39, 0.29) is 12.5 Å². The molecule has 0 radical (unpaired) electrons. The second-order valence-electron chi connectivity index (χ2n) is 20.1. The Bertz CT molecular complexity index is 803. The molecule has 0 rings (SSSR count). The number of hydrogen-bond acceptors (Lipinski definition) is 3. The Morgan fingerprint density at radius 3 is 0.738 bits per heavy atom. The largest absolute Gasteiger partial charge is 0.394 e. The van der Waals surface area contributed by atoms with Gasteiger partial charge in [-0.1, -0.05) is 322 Å². The third kappa shape index (κ3) is 50.3. The van der Waals surface area contributed by atoms with Crippen LogP contribution in [-0.4, -0.2) is 34.9 Å². The highest BCUT2D eigenvalue weighted by Gasteiger charge is 2.20. The molecule has 0 spiro atoms. The van der Waals surface area contributed by atoms with E-state index in [9.17, 15) is 15.0 Å². The zero-order valence-electron chi connectivity index (χ0n) is 42.2. The second kappa shape index (κ2) is 53.7. The van der Waals surface area contributed by atoms with Crippen molar-refractivity contribution in [1.29, 1.82) is 0 Å². The van der Waals surface area contributed by atoms with Crippen LogP contribution in [0.3, 0.4) is 0 Å². The van der Waals surface area contributed by atoms with Gasteiger partial charge in [-0.2, -0.15) is 0 Å². The van der Waals surface area contributed by atoms with Crippen molar-refractivity contribution < 1.29 is 15.0 Å². The van der Waals surface area contributed by atoms with Gasteiger partial charge in [-0.25, -0.2) is 0 Å². The van der Waals surface area contributed by atoms with Crippen LogP contribution in [0, 0.1) is 0 Å². The molecular formula is C57H115NO3. The first kappa shape index (κ1) is 60.4. The summed E-state index contributed by atoms with van der Waals surface area (Å²) in [6.45, 7) is 4.40. The van der Waals surface area contributed by atoms with Crippen LogP contribution >= 0.6 is 0 Å². The summed E-state index contributed by atoms with van der Waals surface area (Å²) in [5.74, 6) is -0.0227. The number of carbonyl (C=O) groups is 1. The van der Waals surface area contributed by atoms with Crippen molar-refractivity contribution in [3.63, 3.8) is 0 Å². The van der Waals surface area contributed by atoms with Gasteiger partial charge in [-0.3, -0.25) is 4.79 Å². The molecule has 0 fully saturated rings. The minimum absolute atomic E-state index is 0.0227. The zero-order chi connectivity index (χ0) is 44.2. The van der Waals surface area contributed by atoms with Crippen LogP contribution in [0.2, 0.25) is 0 Å². The number of carbonyl (C=O) groups excluding carboxylic acids is 1. The van der Waals surface area contributed by atoms with Crippen LogP contribution in [0.15, 0.2) is 0 Å². The van der Waals surface area contributed by atoms with E-state index in [1.165, 1.54) is 289 Å². The lowest BCUT2D eigenvalue weighted by Crippen LogP contribution is -2.45. The molecule has 4 heteroatoms. The quantitative estimate of drug-likeness (QED) is 0.0534. The maximum absolute atomic E-state index is 12.5. The molecule has 0 unspecified atom stereocenters. The minimum Gasteiger partial charge on any atom is -0.394 e. The molecule has 1 amide bonds. The average molecular weight is 863 g/mol. The fourth-order valence-electron chi connectivity index (χ4n) is 9.48. The number of aliphatic hydroxyl groups is 2.